The van der Waals surface area contributed by atoms with Crippen LogP contribution >= 0.6 is 0 Å². The Labute approximate surface area is 57.2 Å². The topological polar surface area (TPSA) is 0 Å². The average Bonchev–Trinajstić information content (AvgIpc) is 1.83. The van der Waals surface area contributed by atoms with Crippen molar-refractivity contribution in [1.82, 2.24) is 0 Å². The zero-order valence-electron chi connectivity index (χ0n) is 5.58. The van der Waals surface area contributed by atoms with E-state index in [-0.39, 0.29) is 0 Å². The molecule has 0 aliphatic rings. The van der Waals surface area contributed by atoms with Crippen LogP contribution in [0.4, 0.5) is 17.6 Å². The Kier molecular flexibility index (Phi) is 3.12. The maximum atomic E-state index is 12.1. The molecule has 10 heavy (non-hydrogen) atoms. The largest absolute Gasteiger partial charge is 0.278 e. The monoisotopic (exact) mass is 157 g/mol. The molecule has 0 amide bonds. The van der Waals surface area contributed by atoms with Gasteiger partial charge >= 0.3 is 0 Å². The van der Waals surface area contributed by atoms with E-state index in [1.807, 2.05) is 0 Å². The Morgan fingerprint density at radius 3 is 1.90 bits per heavy atom. The predicted molar refractivity (Wildman–Crippen MR) is 30.4 cm³/mol. The standard InChI is InChI=1S/C6H9F4/c1-3-4(7)5(8)6(2,9)10/h4-5H,1,3H2,2H3/t4?,5-/m0/s1. The first kappa shape index (κ1) is 9.72. The first-order chi connectivity index (χ1) is 4.39. The van der Waals surface area contributed by atoms with Gasteiger partial charge in [-0.05, 0) is 6.42 Å². The van der Waals surface area contributed by atoms with Gasteiger partial charge in [-0.3, -0.25) is 0 Å². The van der Waals surface area contributed by atoms with Crippen LogP contribution in [0.1, 0.15) is 13.3 Å². The lowest BCUT2D eigenvalue weighted by Crippen LogP contribution is -2.34. The van der Waals surface area contributed by atoms with Gasteiger partial charge in [-0.1, -0.05) is 6.92 Å². The summed E-state index contributed by atoms with van der Waals surface area (Å²) in [6.45, 7) is 3.32. The molecule has 0 bridgehead atoms. The highest BCUT2D eigenvalue weighted by Crippen LogP contribution is 2.25. The van der Waals surface area contributed by atoms with E-state index in [2.05, 4.69) is 6.92 Å². The highest BCUT2D eigenvalue weighted by atomic mass is 19.3. The van der Waals surface area contributed by atoms with E-state index < -0.39 is 24.7 Å². The van der Waals surface area contributed by atoms with Crippen LogP contribution in [-0.4, -0.2) is 18.3 Å². The second-order valence-corrected chi connectivity index (χ2v) is 2.16. The highest BCUT2D eigenvalue weighted by Gasteiger charge is 2.39. The van der Waals surface area contributed by atoms with E-state index >= 15 is 0 Å². The van der Waals surface area contributed by atoms with Crippen molar-refractivity contribution in [2.45, 2.75) is 31.6 Å². The molecule has 0 nitrogen and oxygen atoms in total. The molecular weight excluding hydrogens is 148 g/mol. The summed E-state index contributed by atoms with van der Waals surface area (Å²) in [6, 6.07) is 0. The van der Waals surface area contributed by atoms with Crippen LogP contribution in [0.2, 0.25) is 0 Å². The third-order valence-corrected chi connectivity index (χ3v) is 1.08. The molecule has 0 rings (SSSR count). The molecule has 0 fully saturated rings. The molecule has 0 aliphatic carbocycles. The fourth-order valence-corrected chi connectivity index (χ4v) is 0.464. The van der Waals surface area contributed by atoms with Gasteiger partial charge in [0.1, 0.15) is 6.17 Å². The minimum atomic E-state index is -3.60. The van der Waals surface area contributed by atoms with Crippen molar-refractivity contribution in [2.75, 3.05) is 0 Å². The van der Waals surface area contributed by atoms with Gasteiger partial charge in [0.15, 0.2) is 6.17 Å². The molecule has 0 heterocycles. The van der Waals surface area contributed by atoms with E-state index in [1.165, 1.54) is 0 Å². The van der Waals surface area contributed by atoms with Crippen molar-refractivity contribution in [3.8, 4) is 0 Å². The quantitative estimate of drug-likeness (QED) is 0.552. The van der Waals surface area contributed by atoms with E-state index in [0.29, 0.717) is 6.92 Å². The van der Waals surface area contributed by atoms with Crippen LogP contribution in [0.3, 0.4) is 0 Å². The van der Waals surface area contributed by atoms with Crippen molar-refractivity contribution in [1.29, 1.82) is 0 Å². The molecule has 61 valence electrons. The summed E-state index contributed by atoms with van der Waals surface area (Å²) in [5.74, 6) is -3.60. The molecule has 4 heteroatoms. The molecular formula is C6H9F4. The number of halogens is 4. The van der Waals surface area contributed by atoms with Crippen molar-refractivity contribution < 1.29 is 17.6 Å². The van der Waals surface area contributed by atoms with E-state index in [1.54, 1.807) is 0 Å². The summed E-state index contributed by atoms with van der Waals surface area (Å²) in [4.78, 5) is 0. The normalized spacial score (nSPS) is 18.6. The van der Waals surface area contributed by atoms with Crippen LogP contribution in [0.5, 0.6) is 0 Å². The van der Waals surface area contributed by atoms with Gasteiger partial charge in [-0.15, -0.1) is 0 Å². The fraction of sp³-hybridized carbons (Fsp3) is 0.833. The molecule has 0 saturated carbocycles. The Balaban J connectivity index is 3.94. The van der Waals surface area contributed by atoms with Gasteiger partial charge < -0.3 is 0 Å². The smallest absolute Gasteiger partial charge is 0.244 e. The molecule has 0 aliphatic heterocycles. The van der Waals surface area contributed by atoms with Gasteiger partial charge in [0.25, 0.3) is 5.92 Å². The maximum absolute atomic E-state index is 12.1. The zero-order valence-corrected chi connectivity index (χ0v) is 5.58. The molecule has 0 N–H and O–H groups in total. The minimum absolute atomic E-state index is 0.347. The summed E-state index contributed by atoms with van der Waals surface area (Å²) in [6.07, 6.45) is -5.37. The Hall–Kier alpha value is -0.280. The molecule has 2 atom stereocenters. The van der Waals surface area contributed by atoms with E-state index in [4.69, 9.17) is 0 Å². The summed E-state index contributed by atoms with van der Waals surface area (Å²) in [5.41, 5.74) is 0. The van der Waals surface area contributed by atoms with Crippen molar-refractivity contribution in [3.05, 3.63) is 6.92 Å². The van der Waals surface area contributed by atoms with E-state index in [0.717, 1.165) is 0 Å². The molecule has 0 saturated heterocycles. The number of alkyl halides is 4. The number of hydrogen-bond donors (Lipinski definition) is 0. The summed E-state index contributed by atoms with van der Waals surface area (Å²) in [7, 11) is 0. The minimum Gasteiger partial charge on any atom is -0.244 e. The lowest BCUT2D eigenvalue weighted by atomic mass is 10.1. The summed E-state index contributed by atoms with van der Waals surface area (Å²) >= 11 is 0. The third-order valence-electron chi connectivity index (χ3n) is 1.08. The number of hydrogen-bond acceptors (Lipinski definition) is 0. The summed E-state index contributed by atoms with van der Waals surface area (Å²) < 4.78 is 48.1. The molecule has 0 aromatic carbocycles. The average molecular weight is 157 g/mol. The molecule has 0 spiro atoms. The van der Waals surface area contributed by atoms with Crippen LogP contribution in [0, 0.1) is 6.92 Å². The van der Waals surface area contributed by atoms with Crippen LogP contribution in [0.25, 0.3) is 0 Å². The first-order valence-electron chi connectivity index (χ1n) is 2.84. The van der Waals surface area contributed by atoms with Crippen LogP contribution in [-0.2, 0) is 0 Å². The first-order valence-corrected chi connectivity index (χ1v) is 2.84. The second kappa shape index (κ2) is 3.21. The molecule has 0 aromatic heterocycles. The van der Waals surface area contributed by atoms with Crippen molar-refractivity contribution in [2.24, 2.45) is 0 Å². The van der Waals surface area contributed by atoms with Crippen LogP contribution < -0.4 is 0 Å². The van der Waals surface area contributed by atoms with Gasteiger partial charge in [-0.2, -0.15) is 0 Å². The molecule has 1 radical (unpaired) electrons. The van der Waals surface area contributed by atoms with Gasteiger partial charge in [0.05, 0.1) is 0 Å². The third kappa shape index (κ3) is 2.54. The van der Waals surface area contributed by atoms with Crippen LogP contribution in [0.15, 0.2) is 0 Å². The molecule has 0 aromatic rings. The van der Waals surface area contributed by atoms with Gasteiger partial charge in [-0.25, -0.2) is 17.6 Å². The Bertz CT molecular complexity index is 96.4. The highest BCUT2D eigenvalue weighted by molar-refractivity contribution is 4.79. The van der Waals surface area contributed by atoms with E-state index in [9.17, 15) is 17.6 Å². The zero-order chi connectivity index (χ0) is 8.36. The van der Waals surface area contributed by atoms with Gasteiger partial charge in [0, 0.05) is 6.92 Å². The van der Waals surface area contributed by atoms with Crippen molar-refractivity contribution >= 4 is 0 Å². The van der Waals surface area contributed by atoms with Crippen molar-refractivity contribution in [3.63, 3.8) is 0 Å². The lowest BCUT2D eigenvalue weighted by molar-refractivity contribution is -0.0835. The van der Waals surface area contributed by atoms with Gasteiger partial charge in [0.2, 0.25) is 0 Å². The Morgan fingerprint density at radius 1 is 1.40 bits per heavy atom. The fourth-order valence-electron chi connectivity index (χ4n) is 0.464. The number of rotatable bonds is 3. The summed E-state index contributed by atoms with van der Waals surface area (Å²) in [5, 5.41) is 0. The SMILES string of the molecule is [CH2]CC(F)[C@H](F)C(C)(F)F. The predicted octanol–water partition coefficient (Wildman–Crippen LogP) is 2.54. The molecule has 1 unspecified atom stereocenters. The lowest BCUT2D eigenvalue weighted by Gasteiger charge is -2.17. The second-order valence-electron chi connectivity index (χ2n) is 2.16. The maximum Gasteiger partial charge on any atom is 0.278 e. The Morgan fingerprint density at radius 2 is 1.80 bits per heavy atom.